The molecule has 0 spiro atoms. The number of hydrogen-bond donors (Lipinski definition) is 2. The summed E-state index contributed by atoms with van der Waals surface area (Å²) >= 11 is 1.60. The van der Waals surface area contributed by atoms with Gasteiger partial charge in [-0.3, -0.25) is 9.78 Å². The molecule has 3 heterocycles. The van der Waals surface area contributed by atoms with Crippen LogP contribution in [0.1, 0.15) is 56.0 Å². The summed E-state index contributed by atoms with van der Waals surface area (Å²) in [5.74, 6) is 0.0779. The molecule has 0 saturated heterocycles. The molecule has 24 heavy (non-hydrogen) atoms. The van der Waals surface area contributed by atoms with Crippen LogP contribution in [0.4, 0.5) is 0 Å². The normalized spacial score (nSPS) is 16.4. The quantitative estimate of drug-likeness (QED) is 0.902. The number of thiophene rings is 1. The van der Waals surface area contributed by atoms with E-state index in [9.17, 15) is 4.79 Å². The highest BCUT2D eigenvalue weighted by Gasteiger charge is 2.21. The van der Waals surface area contributed by atoms with Crippen LogP contribution in [0.25, 0.3) is 0 Å². The zero-order chi connectivity index (χ0) is 16.5. The number of rotatable bonds is 3. The fourth-order valence-corrected chi connectivity index (χ4v) is 4.91. The molecule has 2 aromatic heterocycles. The minimum absolute atomic E-state index is 0.0779. The first kappa shape index (κ1) is 15.8. The standard InChI is InChI=1S/C19H23N3OS/c1-12-17(15-6-7-20-8-14(15)9-21-12)10-22-19(23)18-16-5-3-2-4-13(16)11-24-18/h9,11,20H,2-8,10H2,1H3,(H,22,23). The van der Waals surface area contributed by atoms with Gasteiger partial charge in [0.2, 0.25) is 0 Å². The molecule has 2 N–H and O–H groups in total. The Balaban J connectivity index is 1.53. The summed E-state index contributed by atoms with van der Waals surface area (Å²) in [7, 11) is 0. The van der Waals surface area contributed by atoms with Crippen LogP contribution in [-0.2, 0) is 32.4 Å². The molecule has 0 aromatic carbocycles. The van der Waals surface area contributed by atoms with Crippen LogP contribution in [-0.4, -0.2) is 17.4 Å². The van der Waals surface area contributed by atoms with Crippen molar-refractivity contribution in [3.8, 4) is 0 Å². The maximum atomic E-state index is 12.7. The molecule has 0 unspecified atom stereocenters. The van der Waals surface area contributed by atoms with Crippen molar-refractivity contribution in [1.29, 1.82) is 0 Å². The van der Waals surface area contributed by atoms with E-state index in [0.717, 1.165) is 42.9 Å². The molecule has 4 rings (SSSR count). The third-order valence-corrected chi connectivity index (χ3v) is 6.28. The molecule has 0 bridgehead atoms. The summed E-state index contributed by atoms with van der Waals surface area (Å²) in [5.41, 5.74) is 7.55. The summed E-state index contributed by atoms with van der Waals surface area (Å²) in [4.78, 5) is 18.1. The van der Waals surface area contributed by atoms with Crippen LogP contribution in [0.15, 0.2) is 11.6 Å². The molecule has 1 aliphatic heterocycles. The molecule has 2 aliphatic rings. The topological polar surface area (TPSA) is 54.0 Å². The molecular weight excluding hydrogens is 318 g/mol. The van der Waals surface area contributed by atoms with E-state index < -0.39 is 0 Å². The Morgan fingerprint density at radius 1 is 1.25 bits per heavy atom. The smallest absolute Gasteiger partial charge is 0.261 e. The minimum Gasteiger partial charge on any atom is -0.347 e. The van der Waals surface area contributed by atoms with E-state index >= 15 is 0 Å². The number of carbonyl (C=O) groups excluding carboxylic acids is 1. The second kappa shape index (κ2) is 6.65. The maximum Gasteiger partial charge on any atom is 0.261 e. The number of amides is 1. The third-order valence-electron chi connectivity index (χ3n) is 5.21. The second-order valence-electron chi connectivity index (χ2n) is 6.71. The SMILES string of the molecule is Cc1ncc2c(c1CNC(=O)c1scc3c1CCCC3)CCNC2. The van der Waals surface area contributed by atoms with Gasteiger partial charge in [-0.1, -0.05) is 0 Å². The number of pyridine rings is 1. The van der Waals surface area contributed by atoms with Crippen molar-refractivity contribution in [2.75, 3.05) is 6.54 Å². The van der Waals surface area contributed by atoms with Gasteiger partial charge in [-0.2, -0.15) is 0 Å². The fraction of sp³-hybridized carbons (Fsp3) is 0.474. The Kier molecular flexibility index (Phi) is 4.37. The van der Waals surface area contributed by atoms with Crippen LogP contribution < -0.4 is 10.6 Å². The highest BCUT2D eigenvalue weighted by atomic mass is 32.1. The first-order valence-corrected chi connectivity index (χ1v) is 9.66. The van der Waals surface area contributed by atoms with Crippen LogP contribution in [0.2, 0.25) is 0 Å². The average molecular weight is 341 g/mol. The van der Waals surface area contributed by atoms with Crippen LogP contribution in [0.5, 0.6) is 0 Å². The predicted molar refractivity (Wildman–Crippen MR) is 96.5 cm³/mol. The average Bonchev–Trinajstić information content (AvgIpc) is 3.05. The first-order chi connectivity index (χ1) is 11.7. The third kappa shape index (κ3) is 2.87. The summed E-state index contributed by atoms with van der Waals surface area (Å²) in [5, 5.41) is 8.71. The van der Waals surface area contributed by atoms with E-state index in [0.29, 0.717) is 6.54 Å². The number of nitrogens with zero attached hydrogens (tertiary/aromatic N) is 1. The zero-order valence-corrected chi connectivity index (χ0v) is 14.9. The lowest BCUT2D eigenvalue weighted by Gasteiger charge is -2.21. The number of aryl methyl sites for hydroxylation is 2. The van der Waals surface area contributed by atoms with Gasteiger partial charge in [-0.05, 0) is 78.8 Å². The highest BCUT2D eigenvalue weighted by molar-refractivity contribution is 7.12. The lowest BCUT2D eigenvalue weighted by molar-refractivity contribution is 0.0953. The molecule has 1 aliphatic carbocycles. The molecule has 2 aromatic rings. The first-order valence-electron chi connectivity index (χ1n) is 8.78. The molecule has 126 valence electrons. The second-order valence-corrected chi connectivity index (χ2v) is 7.59. The lowest BCUT2D eigenvalue weighted by Crippen LogP contribution is -2.29. The highest BCUT2D eigenvalue weighted by Crippen LogP contribution is 2.30. The number of nitrogens with one attached hydrogen (secondary N) is 2. The van der Waals surface area contributed by atoms with E-state index in [1.807, 2.05) is 13.1 Å². The fourth-order valence-electron chi connectivity index (χ4n) is 3.84. The molecule has 4 nitrogen and oxygen atoms in total. The minimum atomic E-state index is 0.0779. The Morgan fingerprint density at radius 3 is 3.04 bits per heavy atom. The monoisotopic (exact) mass is 341 g/mol. The number of hydrogen-bond acceptors (Lipinski definition) is 4. The maximum absolute atomic E-state index is 12.7. The van der Waals surface area contributed by atoms with E-state index in [4.69, 9.17) is 0 Å². The number of carbonyl (C=O) groups is 1. The van der Waals surface area contributed by atoms with Crippen molar-refractivity contribution in [3.05, 3.63) is 50.0 Å². The van der Waals surface area contributed by atoms with E-state index in [1.165, 1.54) is 40.7 Å². The van der Waals surface area contributed by atoms with Gasteiger partial charge in [0, 0.05) is 25.0 Å². The van der Waals surface area contributed by atoms with Crippen LogP contribution in [0.3, 0.4) is 0 Å². The lowest BCUT2D eigenvalue weighted by atomic mass is 9.93. The van der Waals surface area contributed by atoms with Crippen molar-refractivity contribution in [1.82, 2.24) is 15.6 Å². The van der Waals surface area contributed by atoms with Gasteiger partial charge in [0.25, 0.3) is 5.91 Å². The van der Waals surface area contributed by atoms with E-state index in [2.05, 4.69) is 21.0 Å². The zero-order valence-electron chi connectivity index (χ0n) is 14.1. The molecule has 0 radical (unpaired) electrons. The number of fused-ring (bicyclic) bond motifs is 2. The van der Waals surface area contributed by atoms with Gasteiger partial charge < -0.3 is 10.6 Å². The van der Waals surface area contributed by atoms with Gasteiger partial charge in [-0.25, -0.2) is 0 Å². The van der Waals surface area contributed by atoms with Gasteiger partial charge in [0.15, 0.2) is 0 Å². The molecule has 1 amide bonds. The Bertz CT molecular complexity index is 781. The van der Waals surface area contributed by atoms with Crippen LogP contribution >= 0.6 is 11.3 Å². The van der Waals surface area contributed by atoms with Crippen LogP contribution in [0, 0.1) is 6.92 Å². The van der Waals surface area contributed by atoms with Crippen molar-refractivity contribution in [2.45, 2.75) is 52.1 Å². The van der Waals surface area contributed by atoms with Gasteiger partial charge in [-0.15, -0.1) is 11.3 Å². The van der Waals surface area contributed by atoms with Gasteiger partial charge in [0.05, 0.1) is 4.88 Å². The van der Waals surface area contributed by atoms with Gasteiger partial charge in [0.1, 0.15) is 0 Å². The number of aromatic nitrogens is 1. The largest absolute Gasteiger partial charge is 0.347 e. The summed E-state index contributed by atoms with van der Waals surface area (Å²) < 4.78 is 0. The summed E-state index contributed by atoms with van der Waals surface area (Å²) in [6.45, 7) is 4.49. The summed E-state index contributed by atoms with van der Waals surface area (Å²) in [6, 6.07) is 0. The Hall–Kier alpha value is -1.72. The van der Waals surface area contributed by atoms with E-state index in [1.54, 1.807) is 11.3 Å². The van der Waals surface area contributed by atoms with Crippen molar-refractivity contribution < 1.29 is 4.79 Å². The van der Waals surface area contributed by atoms with Crippen molar-refractivity contribution in [2.24, 2.45) is 0 Å². The molecular formula is C19H23N3OS. The van der Waals surface area contributed by atoms with E-state index in [-0.39, 0.29) is 5.91 Å². The molecule has 0 atom stereocenters. The van der Waals surface area contributed by atoms with Gasteiger partial charge >= 0.3 is 0 Å². The summed E-state index contributed by atoms with van der Waals surface area (Å²) in [6.07, 6.45) is 7.61. The van der Waals surface area contributed by atoms with Crippen molar-refractivity contribution in [3.63, 3.8) is 0 Å². The molecule has 0 fully saturated rings. The molecule has 0 saturated carbocycles. The Labute approximate surface area is 146 Å². The predicted octanol–water partition coefficient (Wildman–Crippen LogP) is 2.91. The molecule has 5 heteroatoms. The van der Waals surface area contributed by atoms with Crippen molar-refractivity contribution >= 4 is 17.2 Å². The Morgan fingerprint density at radius 2 is 2.12 bits per heavy atom.